The number of fused-ring (bicyclic) bond motifs is 1. The van der Waals surface area contributed by atoms with Crippen LogP contribution in [-0.4, -0.2) is 18.0 Å². The van der Waals surface area contributed by atoms with Crippen LogP contribution in [0.25, 0.3) is 0 Å². The summed E-state index contributed by atoms with van der Waals surface area (Å²) in [6.45, 7) is 0.279. The van der Waals surface area contributed by atoms with Gasteiger partial charge in [-0.3, -0.25) is 4.79 Å². The van der Waals surface area contributed by atoms with Crippen LogP contribution in [0, 0.1) is 0 Å². The molecule has 0 saturated carbocycles. The van der Waals surface area contributed by atoms with E-state index < -0.39 is 12.1 Å². The second-order valence-electron chi connectivity index (χ2n) is 4.55. The Kier molecular flexibility index (Phi) is 3.25. The van der Waals surface area contributed by atoms with E-state index in [0.29, 0.717) is 17.7 Å². The number of amides is 1. The molecule has 1 amide bonds. The zero-order valence-corrected chi connectivity index (χ0v) is 10.7. The van der Waals surface area contributed by atoms with Crippen molar-refractivity contribution in [1.82, 2.24) is 5.32 Å². The fourth-order valence-electron chi connectivity index (χ4n) is 2.18. The summed E-state index contributed by atoms with van der Waals surface area (Å²) in [5.74, 6) is -0.116. The first-order valence-electron chi connectivity index (χ1n) is 6.33. The maximum absolute atomic E-state index is 12.0. The van der Waals surface area contributed by atoms with Crippen LogP contribution in [0.15, 0.2) is 47.1 Å². The highest BCUT2D eigenvalue weighted by Crippen LogP contribution is 2.20. The molecule has 102 valence electrons. The minimum Gasteiger partial charge on any atom is -0.467 e. The third kappa shape index (κ3) is 2.42. The molecule has 1 aromatic heterocycles. The molecule has 1 aliphatic heterocycles. The maximum Gasteiger partial charge on any atom is 0.339 e. The molecule has 0 bridgehead atoms. The summed E-state index contributed by atoms with van der Waals surface area (Å²) in [5.41, 5.74) is 1.37. The molecule has 5 heteroatoms. The van der Waals surface area contributed by atoms with Gasteiger partial charge in [-0.05, 0) is 23.8 Å². The molecule has 3 rings (SSSR count). The van der Waals surface area contributed by atoms with E-state index in [1.54, 1.807) is 30.5 Å². The van der Waals surface area contributed by atoms with Gasteiger partial charge >= 0.3 is 5.97 Å². The maximum atomic E-state index is 12.0. The first-order valence-corrected chi connectivity index (χ1v) is 6.33. The number of nitrogens with one attached hydrogen (secondary N) is 1. The lowest BCUT2D eigenvalue weighted by Gasteiger charge is -2.23. The number of cyclic esters (lactones) is 1. The lowest BCUT2D eigenvalue weighted by Crippen LogP contribution is -2.41. The van der Waals surface area contributed by atoms with Gasteiger partial charge < -0.3 is 14.5 Å². The van der Waals surface area contributed by atoms with Crippen molar-refractivity contribution in [3.8, 4) is 0 Å². The Labute approximate surface area is 115 Å². The molecule has 1 aliphatic rings. The Balaban J connectivity index is 1.67. The van der Waals surface area contributed by atoms with Crippen molar-refractivity contribution in [3.63, 3.8) is 0 Å². The summed E-state index contributed by atoms with van der Waals surface area (Å²) in [4.78, 5) is 23.8. The number of esters is 1. The van der Waals surface area contributed by atoms with Gasteiger partial charge in [0.05, 0.1) is 18.4 Å². The summed E-state index contributed by atoms with van der Waals surface area (Å²) in [6, 6.07) is 10.7. The molecule has 0 fully saturated rings. The summed E-state index contributed by atoms with van der Waals surface area (Å²) >= 11 is 0. The van der Waals surface area contributed by atoms with Gasteiger partial charge in [0.25, 0.3) is 5.91 Å². The molecular weight excluding hydrogens is 258 g/mol. The van der Waals surface area contributed by atoms with Gasteiger partial charge in [-0.2, -0.15) is 0 Å². The van der Waals surface area contributed by atoms with Crippen LogP contribution in [0.4, 0.5) is 0 Å². The third-order valence-corrected chi connectivity index (χ3v) is 3.20. The second kappa shape index (κ2) is 5.21. The number of rotatable bonds is 3. The van der Waals surface area contributed by atoms with Crippen molar-refractivity contribution in [1.29, 1.82) is 0 Å². The van der Waals surface area contributed by atoms with Crippen LogP contribution in [0.2, 0.25) is 0 Å². The smallest absolute Gasteiger partial charge is 0.339 e. The predicted molar refractivity (Wildman–Crippen MR) is 69.9 cm³/mol. The molecule has 2 heterocycles. The van der Waals surface area contributed by atoms with Crippen molar-refractivity contribution in [2.24, 2.45) is 0 Å². The van der Waals surface area contributed by atoms with E-state index in [1.807, 2.05) is 12.1 Å². The second-order valence-corrected chi connectivity index (χ2v) is 4.55. The van der Waals surface area contributed by atoms with Crippen molar-refractivity contribution < 1.29 is 18.7 Å². The number of furan rings is 1. The van der Waals surface area contributed by atoms with Crippen molar-refractivity contribution in [3.05, 3.63) is 59.5 Å². The van der Waals surface area contributed by atoms with Crippen molar-refractivity contribution in [2.45, 2.75) is 19.1 Å². The normalized spacial score (nSPS) is 17.2. The molecule has 1 atom stereocenters. The van der Waals surface area contributed by atoms with E-state index in [2.05, 4.69) is 5.32 Å². The highest BCUT2D eigenvalue weighted by Gasteiger charge is 2.30. The SMILES string of the molecule is O=C1O[C@H](C(=O)NCc2ccco2)Cc2ccccc21. The largest absolute Gasteiger partial charge is 0.467 e. The number of carbonyl (C=O) groups is 2. The van der Waals surface area contributed by atoms with Crippen LogP contribution in [0.1, 0.15) is 21.7 Å². The highest BCUT2D eigenvalue weighted by atomic mass is 16.5. The summed E-state index contributed by atoms with van der Waals surface area (Å²) in [5, 5.41) is 2.70. The molecule has 20 heavy (non-hydrogen) atoms. The van der Waals surface area contributed by atoms with Gasteiger partial charge in [0.1, 0.15) is 5.76 Å². The minimum absolute atomic E-state index is 0.279. The number of hydrogen-bond donors (Lipinski definition) is 1. The Hall–Kier alpha value is -2.56. The lowest BCUT2D eigenvalue weighted by atomic mass is 9.98. The molecule has 0 aliphatic carbocycles. The van der Waals surface area contributed by atoms with E-state index in [1.165, 1.54) is 0 Å². The molecule has 5 nitrogen and oxygen atoms in total. The van der Waals surface area contributed by atoms with Gasteiger partial charge in [0.15, 0.2) is 6.10 Å². The molecular formula is C15H13NO4. The fourth-order valence-corrected chi connectivity index (χ4v) is 2.18. The Morgan fingerprint density at radius 2 is 2.10 bits per heavy atom. The summed E-state index contributed by atoms with van der Waals surface area (Å²) < 4.78 is 10.3. The van der Waals surface area contributed by atoms with Gasteiger partial charge in [-0.1, -0.05) is 18.2 Å². The van der Waals surface area contributed by atoms with Gasteiger partial charge in [0.2, 0.25) is 0 Å². The molecule has 1 aromatic carbocycles. The monoisotopic (exact) mass is 271 g/mol. The molecule has 0 spiro atoms. The predicted octanol–water partition coefficient (Wildman–Crippen LogP) is 1.68. The standard InChI is InChI=1S/C15H13NO4/c17-14(16-9-11-5-3-7-19-11)13-8-10-4-1-2-6-12(10)15(18)20-13/h1-7,13H,8-9H2,(H,16,17)/t13-/m0/s1. The van der Waals surface area contributed by atoms with Gasteiger partial charge in [-0.15, -0.1) is 0 Å². The van der Waals surface area contributed by atoms with Crippen LogP contribution >= 0.6 is 0 Å². The zero-order chi connectivity index (χ0) is 13.9. The average Bonchev–Trinajstić information content (AvgIpc) is 2.98. The summed E-state index contributed by atoms with van der Waals surface area (Å²) in [6.07, 6.45) is 1.15. The molecule has 0 unspecified atom stereocenters. The number of hydrogen-bond acceptors (Lipinski definition) is 4. The quantitative estimate of drug-likeness (QED) is 0.862. The molecule has 0 radical (unpaired) electrons. The van der Waals surface area contributed by atoms with Gasteiger partial charge in [0, 0.05) is 6.42 Å². The van der Waals surface area contributed by atoms with Crippen LogP contribution in [0.5, 0.6) is 0 Å². The van der Waals surface area contributed by atoms with Crippen LogP contribution in [-0.2, 0) is 22.5 Å². The topological polar surface area (TPSA) is 68.5 Å². The fraction of sp³-hybridized carbons (Fsp3) is 0.200. The average molecular weight is 271 g/mol. The van der Waals surface area contributed by atoms with E-state index in [9.17, 15) is 9.59 Å². The number of benzene rings is 1. The Morgan fingerprint density at radius 3 is 2.90 bits per heavy atom. The first-order chi connectivity index (χ1) is 9.74. The number of carbonyl (C=O) groups excluding carboxylic acids is 2. The Morgan fingerprint density at radius 1 is 1.25 bits per heavy atom. The lowest BCUT2D eigenvalue weighted by molar-refractivity contribution is -0.130. The third-order valence-electron chi connectivity index (χ3n) is 3.20. The number of ether oxygens (including phenoxy) is 1. The Bertz CT molecular complexity index is 633. The van der Waals surface area contributed by atoms with Crippen molar-refractivity contribution in [2.75, 3.05) is 0 Å². The zero-order valence-electron chi connectivity index (χ0n) is 10.7. The van der Waals surface area contributed by atoms with E-state index >= 15 is 0 Å². The van der Waals surface area contributed by atoms with Crippen molar-refractivity contribution >= 4 is 11.9 Å². The van der Waals surface area contributed by atoms with Crippen LogP contribution < -0.4 is 5.32 Å². The van der Waals surface area contributed by atoms with E-state index in [0.717, 1.165) is 5.56 Å². The molecule has 1 N–H and O–H groups in total. The van der Waals surface area contributed by atoms with E-state index in [-0.39, 0.29) is 12.5 Å². The molecule has 0 saturated heterocycles. The highest BCUT2D eigenvalue weighted by molar-refractivity contribution is 5.95. The molecule has 2 aromatic rings. The van der Waals surface area contributed by atoms with Gasteiger partial charge in [-0.25, -0.2) is 4.79 Å². The van der Waals surface area contributed by atoms with E-state index in [4.69, 9.17) is 9.15 Å². The first kappa shape index (κ1) is 12.5. The minimum atomic E-state index is -0.785. The van der Waals surface area contributed by atoms with Crippen LogP contribution in [0.3, 0.4) is 0 Å². The summed E-state index contributed by atoms with van der Waals surface area (Å²) in [7, 11) is 0.